The second kappa shape index (κ2) is 9.40. The number of thiazole rings is 1. The lowest BCUT2D eigenvalue weighted by atomic mass is 9.63. The number of hydrogen-bond donors (Lipinski definition) is 1. The Kier molecular flexibility index (Phi) is 6.90. The van der Waals surface area contributed by atoms with Gasteiger partial charge in [0.25, 0.3) is 0 Å². The molecule has 4 rings (SSSR count). The molecule has 33 heavy (non-hydrogen) atoms. The van der Waals surface area contributed by atoms with Crippen LogP contribution in [0.3, 0.4) is 0 Å². The van der Waals surface area contributed by atoms with Crippen LogP contribution in [0.25, 0.3) is 11.3 Å². The average molecular weight is 468 g/mol. The molecule has 2 heterocycles. The van der Waals surface area contributed by atoms with Crippen molar-refractivity contribution in [2.24, 2.45) is 5.73 Å². The van der Waals surface area contributed by atoms with Crippen LogP contribution >= 0.6 is 11.3 Å². The number of nitrogens with two attached hydrogens (primary N) is 1. The van der Waals surface area contributed by atoms with Crippen LogP contribution in [0.5, 0.6) is 0 Å². The van der Waals surface area contributed by atoms with Crippen molar-refractivity contribution >= 4 is 23.4 Å². The number of ketones is 1. The van der Waals surface area contributed by atoms with Gasteiger partial charge in [0.05, 0.1) is 10.7 Å². The van der Waals surface area contributed by atoms with E-state index < -0.39 is 6.04 Å². The van der Waals surface area contributed by atoms with Crippen molar-refractivity contribution < 1.29 is 9.59 Å². The molecule has 5 nitrogen and oxygen atoms in total. The van der Waals surface area contributed by atoms with Crippen LogP contribution in [0.2, 0.25) is 0 Å². The predicted octanol–water partition coefficient (Wildman–Crippen LogP) is 4.82. The summed E-state index contributed by atoms with van der Waals surface area (Å²) in [7, 11) is 0. The van der Waals surface area contributed by atoms with Gasteiger partial charge in [0.1, 0.15) is 12.3 Å². The topological polar surface area (TPSA) is 76.3 Å². The van der Waals surface area contributed by atoms with Crippen LogP contribution in [0.4, 0.5) is 0 Å². The molecule has 1 atom stereocenters. The van der Waals surface area contributed by atoms with Gasteiger partial charge in [0, 0.05) is 29.8 Å². The molecule has 1 aromatic heterocycles. The van der Waals surface area contributed by atoms with Crippen LogP contribution in [-0.2, 0) is 20.4 Å². The van der Waals surface area contributed by atoms with E-state index in [-0.39, 0.29) is 16.6 Å². The standard InChI is InChI=1S/C27H37N3O2S/c1-26(2)10-11-27(3,4)21-15-19(5-6-20(21)26)23-17-33-25(29-23)18-7-12-30(13-8-18)14-9-24(32)22(28)16-31/h5-6,15-18,22H,7-14,28H2,1-4H3. The van der Waals surface area contributed by atoms with Gasteiger partial charge in [-0.15, -0.1) is 11.3 Å². The second-order valence-electron chi connectivity index (χ2n) is 11.1. The Morgan fingerprint density at radius 2 is 1.85 bits per heavy atom. The van der Waals surface area contributed by atoms with E-state index in [1.165, 1.54) is 34.5 Å². The highest BCUT2D eigenvalue weighted by Crippen LogP contribution is 2.47. The third-order valence-electron chi connectivity index (χ3n) is 7.80. The van der Waals surface area contributed by atoms with Crippen LogP contribution in [0.15, 0.2) is 23.6 Å². The monoisotopic (exact) mass is 467 g/mol. The zero-order valence-electron chi connectivity index (χ0n) is 20.4. The minimum Gasteiger partial charge on any atom is -0.316 e. The van der Waals surface area contributed by atoms with Gasteiger partial charge in [-0.25, -0.2) is 4.98 Å². The number of carbonyl (C=O) groups excluding carboxylic acids is 2. The lowest BCUT2D eigenvalue weighted by Crippen LogP contribution is -2.38. The highest BCUT2D eigenvalue weighted by atomic mass is 32.1. The summed E-state index contributed by atoms with van der Waals surface area (Å²) in [4.78, 5) is 29.8. The van der Waals surface area contributed by atoms with Crippen LogP contribution in [0, 0.1) is 0 Å². The van der Waals surface area contributed by atoms with Crippen molar-refractivity contribution in [2.75, 3.05) is 19.6 Å². The summed E-state index contributed by atoms with van der Waals surface area (Å²) < 4.78 is 0. The number of nitrogens with zero attached hydrogens (tertiary/aromatic N) is 2. The lowest BCUT2D eigenvalue weighted by molar-refractivity contribution is -0.124. The molecule has 0 amide bonds. The van der Waals surface area contributed by atoms with Gasteiger partial charge < -0.3 is 15.4 Å². The molecule has 0 saturated carbocycles. The Bertz CT molecular complexity index is 1020. The van der Waals surface area contributed by atoms with E-state index in [0.717, 1.165) is 31.6 Å². The molecular weight excluding hydrogens is 430 g/mol. The SMILES string of the molecule is CC1(C)CCC(C)(C)c2cc(-c3csc(C4CCN(CCC(=O)C(N)C=O)CC4)n3)ccc21. The smallest absolute Gasteiger partial charge is 0.158 e. The van der Waals surface area contributed by atoms with Crippen molar-refractivity contribution in [1.82, 2.24) is 9.88 Å². The molecule has 178 valence electrons. The molecule has 1 saturated heterocycles. The molecule has 0 bridgehead atoms. The summed E-state index contributed by atoms with van der Waals surface area (Å²) in [6, 6.07) is 6.00. The van der Waals surface area contributed by atoms with Crippen molar-refractivity contribution in [1.29, 1.82) is 0 Å². The van der Waals surface area contributed by atoms with E-state index in [0.29, 0.717) is 25.2 Å². The number of benzene rings is 1. The van der Waals surface area contributed by atoms with Gasteiger partial charge in [-0.1, -0.05) is 39.8 Å². The first-order valence-corrected chi connectivity index (χ1v) is 13.1. The van der Waals surface area contributed by atoms with Gasteiger partial charge in [0.15, 0.2) is 5.78 Å². The maximum absolute atomic E-state index is 11.8. The fourth-order valence-electron chi connectivity index (χ4n) is 5.27. The molecule has 2 aliphatic rings. The molecule has 2 N–H and O–H groups in total. The molecule has 1 unspecified atom stereocenters. The Balaban J connectivity index is 1.41. The highest BCUT2D eigenvalue weighted by Gasteiger charge is 2.37. The number of likely N-dealkylation sites (tertiary alicyclic amines) is 1. The minimum atomic E-state index is -0.975. The lowest BCUT2D eigenvalue weighted by Gasteiger charge is -2.42. The number of aromatic nitrogens is 1. The average Bonchev–Trinajstić information content (AvgIpc) is 3.30. The molecule has 6 heteroatoms. The van der Waals surface area contributed by atoms with Crippen molar-refractivity contribution in [3.63, 3.8) is 0 Å². The van der Waals surface area contributed by atoms with Gasteiger partial charge in [0.2, 0.25) is 0 Å². The fourth-order valence-corrected chi connectivity index (χ4v) is 6.27. The third-order valence-corrected chi connectivity index (χ3v) is 8.81. The second-order valence-corrected chi connectivity index (χ2v) is 12.0. The summed E-state index contributed by atoms with van der Waals surface area (Å²) in [6.07, 6.45) is 5.41. The summed E-state index contributed by atoms with van der Waals surface area (Å²) in [5.41, 5.74) is 11.2. The number of piperidine rings is 1. The Morgan fingerprint density at radius 1 is 1.18 bits per heavy atom. The van der Waals surface area contributed by atoms with E-state index in [9.17, 15) is 9.59 Å². The summed E-state index contributed by atoms with van der Waals surface area (Å²) >= 11 is 1.78. The van der Waals surface area contributed by atoms with E-state index in [4.69, 9.17) is 10.7 Å². The number of Topliss-reactive ketones (excluding diaryl/α,β-unsaturated/α-hetero) is 1. The van der Waals surface area contributed by atoms with Gasteiger partial charge >= 0.3 is 0 Å². The van der Waals surface area contributed by atoms with Gasteiger partial charge in [-0.2, -0.15) is 0 Å². The Morgan fingerprint density at radius 3 is 2.52 bits per heavy atom. The van der Waals surface area contributed by atoms with Crippen LogP contribution < -0.4 is 5.73 Å². The van der Waals surface area contributed by atoms with Crippen LogP contribution in [0.1, 0.15) is 81.9 Å². The molecule has 2 aromatic rings. The van der Waals surface area contributed by atoms with E-state index in [1.807, 2.05) is 0 Å². The fraction of sp³-hybridized carbons (Fsp3) is 0.593. The highest BCUT2D eigenvalue weighted by molar-refractivity contribution is 7.10. The summed E-state index contributed by atoms with van der Waals surface area (Å²) in [5, 5.41) is 3.44. The molecule has 1 aliphatic heterocycles. The third kappa shape index (κ3) is 5.13. The quantitative estimate of drug-likeness (QED) is 0.466. The van der Waals surface area contributed by atoms with Crippen molar-refractivity contribution in [2.45, 2.75) is 82.6 Å². The first-order valence-electron chi connectivity index (χ1n) is 12.2. The summed E-state index contributed by atoms with van der Waals surface area (Å²) in [6.45, 7) is 12.0. The van der Waals surface area contributed by atoms with Crippen molar-refractivity contribution in [3.05, 3.63) is 39.7 Å². The first kappa shape index (κ1) is 24.2. The zero-order chi connectivity index (χ0) is 23.8. The normalized spacial score (nSPS) is 21.4. The van der Waals surface area contributed by atoms with Gasteiger partial charge in [-0.05, 0) is 66.8 Å². The van der Waals surface area contributed by atoms with Crippen molar-refractivity contribution in [3.8, 4) is 11.3 Å². The Labute approximate surface area is 201 Å². The maximum atomic E-state index is 11.8. The largest absolute Gasteiger partial charge is 0.316 e. The van der Waals surface area contributed by atoms with Gasteiger partial charge in [-0.3, -0.25) is 4.79 Å². The molecule has 1 fully saturated rings. The number of fused-ring (bicyclic) bond motifs is 1. The minimum absolute atomic E-state index is 0.173. The summed E-state index contributed by atoms with van der Waals surface area (Å²) in [5.74, 6) is 0.300. The number of hydrogen-bond acceptors (Lipinski definition) is 6. The Hall–Kier alpha value is -1.89. The molecular formula is C27H37N3O2S. The van der Waals surface area contributed by atoms with E-state index in [2.05, 4.69) is 56.2 Å². The predicted molar refractivity (Wildman–Crippen MR) is 135 cm³/mol. The first-order chi connectivity index (χ1) is 15.6. The number of aldehydes is 1. The van der Waals surface area contributed by atoms with Crippen LogP contribution in [-0.4, -0.2) is 47.6 Å². The zero-order valence-corrected chi connectivity index (χ0v) is 21.2. The molecule has 0 radical (unpaired) electrons. The number of carbonyl (C=O) groups is 2. The molecule has 1 aromatic carbocycles. The van der Waals surface area contributed by atoms with E-state index in [1.54, 1.807) is 11.3 Å². The molecule has 1 aliphatic carbocycles. The number of rotatable bonds is 7. The molecule has 0 spiro atoms. The van der Waals surface area contributed by atoms with E-state index >= 15 is 0 Å². The maximum Gasteiger partial charge on any atom is 0.158 e.